The Morgan fingerprint density at radius 3 is 2.43 bits per heavy atom. The van der Waals surface area contributed by atoms with Crippen molar-refractivity contribution in [3.63, 3.8) is 0 Å². The highest BCUT2D eigenvalue weighted by molar-refractivity contribution is 6.07. The number of ether oxygens (including phenoxy) is 1. The second-order valence-corrected chi connectivity index (χ2v) is 5.79. The average Bonchev–Trinajstić information content (AvgIpc) is 2.62. The molecule has 116 valence electrons. The Morgan fingerprint density at radius 2 is 1.90 bits per heavy atom. The summed E-state index contributed by atoms with van der Waals surface area (Å²) in [4.78, 5) is 24.9. The molecule has 1 unspecified atom stereocenters. The van der Waals surface area contributed by atoms with Gasteiger partial charge in [0.2, 0.25) is 5.54 Å². The number of nitrogens with two attached hydrogens (primary N) is 1. The van der Waals surface area contributed by atoms with Crippen molar-refractivity contribution in [2.24, 2.45) is 10.8 Å². The number of Topliss-reactive ketones (excluding diaryl/α,β-unsaturated/α-hetero) is 1. The van der Waals surface area contributed by atoms with E-state index in [9.17, 15) is 9.59 Å². The van der Waals surface area contributed by atoms with Gasteiger partial charge in [0.05, 0.1) is 0 Å². The van der Waals surface area contributed by atoms with Gasteiger partial charge in [-0.15, -0.1) is 0 Å². The molecule has 1 atom stereocenters. The first-order chi connectivity index (χ1) is 9.74. The molecule has 21 heavy (non-hydrogen) atoms. The van der Waals surface area contributed by atoms with E-state index in [1.165, 1.54) is 18.1 Å². The zero-order valence-electron chi connectivity index (χ0n) is 13.0. The molecule has 1 heterocycles. The molecule has 6 nitrogen and oxygen atoms in total. The lowest BCUT2D eigenvalue weighted by Gasteiger charge is -2.37. The number of carbonyl (C=O) groups excluding carboxylic acids is 2. The maximum Gasteiger partial charge on any atom is 0.342 e. The highest BCUT2D eigenvalue weighted by Gasteiger charge is 2.50. The minimum absolute atomic E-state index is 0.124. The number of hydrazone groups is 1. The van der Waals surface area contributed by atoms with Gasteiger partial charge >= 0.3 is 5.97 Å². The van der Waals surface area contributed by atoms with Crippen LogP contribution in [0.4, 0.5) is 0 Å². The van der Waals surface area contributed by atoms with Gasteiger partial charge in [0, 0.05) is 18.8 Å². The summed E-state index contributed by atoms with van der Waals surface area (Å²) in [6.45, 7) is 6.76. The summed E-state index contributed by atoms with van der Waals surface area (Å²) in [5, 5.41) is 5.47. The van der Waals surface area contributed by atoms with Crippen LogP contribution in [-0.2, 0) is 14.3 Å². The number of esters is 1. The Kier molecular flexibility index (Phi) is 5.43. The van der Waals surface area contributed by atoms with Gasteiger partial charge in [0.1, 0.15) is 5.60 Å². The third-order valence-corrected chi connectivity index (χ3v) is 2.94. The molecule has 2 N–H and O–H groups in total. The van der Waals surface area contributed by atoms with Crippen molar-refractivity contribution in [2.45, 2.75) is 45.3 Å². The zero-order chi connectivity index (χ0) is 16.1. The van der Waals surface area contributed by atoms with E-state index >= 15 is 0 Å². The quantitative estimate of drug-likeness (QED) is 0.611. The molecule has 6 heteroatoms. The normalized spacial score (nSPS) is 17.3. The number of rotatable bonds is 5. The molecule has 0 saturated carbocycles. The molecule has 0 spiro atoms. The minimum Gasteiger partial charge on any atom is -0.458 e. The minimum atomic E-state index is -1.54. The molecule has 0 saturated heterocycles. The van der Waals surface area contributed by atoms with Crippen LogP contribution in [0.2, 0.25) is 0 Å². The fourth-order valence-corrected chi connectivity index (χ4v) is 1.98. The van der Waals surface area contributed by atoms with Gasteiger partial charge < -0.3 is 10.5 Å². The maximum atomic E-state index is 12.7. The summed E-state index contributed by atoms with van der Waals surface area (Å²) >= 11 is 0. The van der Waals surface area contributed by atoms with Crippen molar-refractivity contribution < 1.29 is 14.3 Å². The van der Waals surface area contributed by atoms with Gasteiger partial charge in [-0.3, -0.25) is 4.79 Å². The van der Waals surface area contributed by atoms with E-state index in [4.69, 9.17) is 10.5 Å². The maximum absolute atomic E-state index is 12.7. The van der Waals surface area contributed by atoms with E-state index in [1.807, 2.05) is 0 Å². The predicted molar refractivity (Wildman–Crippen MR) is 81.5 cm³/mol. The Labute approximate surface area is 125 Å². The third-order valence-electron chi connectivity index (χ3n) is 2.94. The number of carbonyl (C=O) groups is 2. The summed E-state index contributed by atoms with van der Waals surface area (Å²) in [5.41, 5.74) is 3.38. The lowest BCUT2D eigenvalue weighted by atomic mass is 9.89. The Balaban J connectivity index is 3.27. The largest absolute Gasteiger partial charge is 0.458 e. The predicted octanol–water partition coefficient (Wildman–Crippen LogP) is 1.38. The fraction of sp³-hybridized carbons (Fsp3) is 0.533. The van der Waals surface area contributed by atoms with Crippen molar-refractivity contribution in [3.05, 3.63) is 24.4 Å². The summed E-state index contributed by atoms with van der Waals surface area (Å²) in [6.07, 6.45) is 8.37. The Morgan fingerprint density at radius 1 is 1.24 bits per heavy atom. The highest BCUT2D eigenvalue weighted by atomic mass is 16.6. The Hall–Kier alpha value is -1.95. The van der Waals surface area contributed by atoms with Gasteiger partial charge in [0.15, 0.2) is 5.78 Å². The first kappa shape index (κ1) is 17.1. The first-order valence-electron chi connectivity index (χ1n) is 6.85. The van der Waals surface area contributed by atoms with Gasteiger partial charge in [0.25, 0.3) is 0 Å². The average molecular weight is 293 g/mol. The number of hydrogen-bond donors (Lipinski definition) is 1. The molecule has 1 aliphatic rings. The lowest BCUT2D eigenvalue weighted by molar-refractivity contribution is -0.171. The summed E-state index contributed by atoms with van der Waals surface area (Å²) in [5.74, 6) is -0.998. The fourth-order valence-electron chi connectivity index (χ4n) is 1.98. The monoisotopic (exact) mass is 293 g/mol. The SMILES string of the molecule is CC(=O)C(CCN)(C(=O)OC(C)(C)C)N1C=CC=CC=N1. The third kappa shape index (κ3) is 4.01. The lowest BCUT2D eigenvalue weighted by Crippen LogP contribution is -2.58. The number of nitrogens with zero attached hydrogens (tertiary/aromatic N) is 2. The molecule has 1 aliphatic heterocycles. The van der Waals surface area contributed by atoms with E-state index in [1.54, 1.807) is 45.2 Å². The molecule has 1 rings (SSSR count). The molecule has 0 fully saturated rings. The second kappa shape index (κ2) is 6.67. The molecular formula is C15H23N3O3. The second-order valence-electron chi connectivity index (χ2n) is 5.79. The number of hydrogen-bond acceptors (Lipinski definition) is 6. The first-order valence-corrected chi connectivity index (χ1v) is 6.85. The summed E-state index contributed by atoms with van der Waals surface area (Å²) in [7, 11) is 0. The van der Waals surface area contributed by atoms with Crippen LogP contribution in [0.25, 0.3) is 0 Å². The van der Waals surface area contributed by atoms with E-state index in [0.29, 0.717) is 0 Å². The highest BCUT2D eigenvalue weighted by Crippen LogP contribution is 2.27. The van der Waals surface area contributed by atoms with E-state index in [0.717, 1.165) is 0 Å². The van der Waals surface area contributed by atoms with Crippen molar-refractivity contribution in [2.75, 3.05) is 6.54 Å². The van der Waals surface area contributed by atoms with Crippen molar-refractivity contribution in [1.29, 1.82) is 0 Å². The van der Waals surface area contributed by atoms with E-state index in [2.05, 4.69) is 5.10 Å². The number of ketones is 1. The summed E-state index contributed by atoms with van der Waals surface area (Å²) in [6, 6.07) is 0. The molecule has 0 bridgehead atoms. The molecule has 0 aromatic heterocycles. The van der Waals surface area contributed by atoms with E-state index in [-0.39, 0.29) is 18.7 Å². The van der Waals surface area contributed by atoms with Crippen molar-refractivity contribution in [1.82, 2.24) is 5.01 Å². The summed E-state index contributed by atoms with van der Waals surface area (Å²) < 4.78 is 5.43. The molecule has 0 aromatic carbocycles. The smallest absolute Gasteiger partial charge is 0.342 e. The van der Waals surface area contributed by atoms with Crippen molar-refractivity contribution in [3.8, 4) is 0 Å². The van der Waals surface area contributed by atoms with Crippen LogP contribution in [0.15, 0.2) is 29.5 Å². The molecule has 0 radical (unpaired) electrons. The van der Waals surface area contributed by atoms with Crippen LogP contribution in [0, 0.1) is 0 Å². The van der Waals surface area contributed by atoms with Gasteiger partial charge in [-0.05, 0) is 46.4 Å². The molecule has 0 amide bonds. The zero-order valence-corrected chi connectivity index (χ0v) is 13.0. The standard InChI is InChI=1S/C15H23N3O3/c1-12(19)15(8-9-16,13(20)21-14(2,3)4)18-11-7-5-6-10-17-18/h5-7,10-11H,8-9,16H2,1-4H3. The van der Waals surface area contributed by atoms with Gasteiger partial charge in [-0.25, -0.2) is 9.80 Å². The van der Waals surface area contributed by atoms with Crippen LogP contribution in [0.1, 0.15) is 34.1 Å². The van der Waals surface area contributed by atoms with Crippen LogP contribution >= 0.6 is 0 Å². The van der Waals surface area contributed by atoms with Gasteiger partial charge in [-0.2, -0.15) is 5.10 Å². The molecular weight excluding hydrogens is 270 g/mol. The Bertz CT molecular complexity index is 473. The number of allylic oxidation sites excluding steroid dienone is 3. The van der Waals surface area contributed by atoms with Crippen LogP contribution < -0.4 is 5.73 Å². The van der Waals surface area contributed by atoms with Crippen LogP contribution in [0.3, 0.4) is 0 Å². The van der Waals surface area contributed by atoms with Gasteiger partial charge in [-0.1, -0.05) is 6.08 Å². The molecule has 0 aliphatic carbocycles. The van der Waals surface area contributed by atoms with Crippen LogP contribution in [-0.4, -0.2) is 40.7 Å². The molecule has 0 aromatic rings. The topological polar surface area (TPSA) is 85.0 Å². The van der Waals surface area contributed by atoms with Crippen molar-refractivity contribution >= 4 is 18.0 Å². The van der Waals surface area contributed by atoms with E-state index < -0.39 is 17.1 Å². The van der Waals surface area contributed by atoms with Crippen LogP contribution in [0.5, 0.6) is 0 Å².